The highest BCUT2D eigenvalue weighted by Crippen LogP contribution is 2.41. The number of amides is 1. The number of anilines is 1. The maximum Gasteiger partial charge on any atom is 0.416 e. The quantitative estimate of drug-likeness (QED) is 0.799. The normalized spacial score (nSPS) is 24.1. The van der Waals surface area contributed by atoms with Gasteiger partial charge in [-0.25, -0.2) is 4.98 Å². The molecule has 0 aliphatic carbocycles. The Labute approximate surface area is 157 Å². The van der Waals surface area contributed by atoms with Crippen molar-refractivity contribution in [3.05, 3.63) is 35.2 Å². The highest BCUT2D eigenvalue weighted by molar-refractivity contribution is 7.14. The lowest BCUT2D eigenvalue weighted by atomic mass is 9.88. The lowest BCUT2D eigenvalue weighted by Gasteiger charge is -2.19. The van der Waals surface area contributed by atoms with E-state index in [0.29, 0.717) is 22.8 Å². The van der Waals surface area contributed by atoms with E-state index >= 15 is 0 Å². The molecule has 2 aliphatic heterocycles. The van der Waals surface area contributed by atoms with Crippen LogP contribution in [0.5, 0.6) is 0 Å². The van der Waals surface area contributed by atoms with Crippen LogP contribution in [0.15, 0.2) is 29.6 Å². The van der Waals surface area contributed by atoms with E-state index in [1.54, 1.807) is 16.3 Å². The van der Waals surface area contributed by atoms with E-state index in [2.05, 4.69) is 16.5 Å². The zero-order chi connectivity index (χ0) is 19.2. The van der Waals surface area contributed by atoms with Crippen LogP contribution < -0.4 is 5.32 Å². The molecule has 0 unspecified atom stereocenters. The molecule has 1 N–H and O–H groups in total. The number of nitriles is 1. The Morgan fingerprint density at radius 3 is 2.89 bits per heavy atom. The van der Waals surface area contributed by atoms with E-state index in [-0.39, 0.29) is 23.9 Å². The third kappa shape index (κ3) is 3.25. The first-order valence-electron chi connectivity index (χ1n) is 8.49. The molecule has 0 spiro atoms. The zero-order valence-electron chi connectivity index (χ0n) is 14.0. The highest BCUT2D eigenvalue weighted by Gasteiger charge is 2.49. The third-order valence-corrected chi connectivity index (χ3v) is 5.97. The topological polar surface area (TPSA) is 69.0 Å². The maximum atomic E-state index is 12.9. The molecule has 2 bridgehead atoms. The summed E-state index contributed by atoms with van der Waals surface area (Å²) in [6, 6.07) is 5.00. The largest absolute Gasteiger partial charge is 0.416 e. The van der Waals surface area contributed by atoms with Crippen LogP contribution >= 0.6 is 11.3 Å². The second-order valence-corrected chi connectivity index (χ2v) is 7.61. The minimum Gasteiger partial charge on any atom is -0.304 e. The maximum absolute atomic E-state index is 12.9. The number of nitrogens with one attached hydrogen (secondary N) is 1. The summed E-state index contributed by atoms with van der Waals surface area (Å²) in [5.74, 6) is -0.448. The minimum atomic E-state index is -4.42. The average Bonchev–Trinajstić information content (AvgIpc) is 3.35. The SMILES string of the molecule is N#CN1[C@@H]2CC[C@H]1[C@@H](C(=O)Nc1nc(-c3cccc(C(F)(F)F)c3)cs1)C2. The van der Waals surface area contributed by atoms with Crippen molar-refractivity contribution in [3.8, 4) is 17.5 Å². The van der Waals surface area contributed by atoms with E-state index in [4.69, 9.17) is 0 Å². The van der Waals surface area contributed by atoms with Gasteiger partial charge >= 0.3 is 6.18 Å². The molecule has 1 aromatic heterocycles. The molecule has 3 atom stereocenters. The van der Waals surface area contributed by atoms with Crippen LogP contribution in [0, 0.1) is 17.4 Å². The van der Waals surface area contributed by atoms with Gasteiger partial charge in [-0.15, -0.1) is 11.3 Å². The van der Waals surface area contributed by atoms with Crippen molar-refractivity contribution >= 4 is 22.4 Å². The fraction of sp³-hybridized carbons (Fsp3) is 0.389. The monoisotopic (exact) mass is 392 g/mol. The molecule has 1 aromatic carbocycles. The number of rotatable bonds is 3. The predicted octanol–water partition coefficient (Wildman–Crippen LogP) is 4.10. The molecule has 2 fully saturated rings. The van der Waals surface area contributed by atoms with Gasteiger partial charge in [0.05, 0.1) is 23.2 Å². The fourth-order valence-corrected chi connectivity index (χ4v) is 4.67. The molecule has 2 aliphatic rings. The summed E-state index contributed by atoms with van der Waals surface area (Å²) < 4.78 is 38.6. The smallest absolute Gasteiger partial charge is 0.304 e. The number of benzene rings is 1. The van der Waals surface area contributed by atoms with Crippen molar-refractivity contribution in [1.82, 2.24) is 9.88 Å². The van der Waals surface area contributed by atoms with E-state index in [0.717, 1.165) is 25.0 Å². The number of hydrogen-bond acceptors (Lipinski definition) is 5. The van der Waals surface area contributed by atoms with Crippen molar-refractivity contribution < 1.29 is 18.0 Å². The molecular weight excluding hydrogens is 377 g/mol. The number of hydrogen-bond donors (Lipinski definition) is 1. The first-order valence-corrected chi connectivity index (χ1v) is 9.37. The summed E-state index contributed by atoms with van der Waals surface area (Å²) in [5.41, 5.74) is -0.0118. The molecule has 27 heavy (non-hydrogen) atoms. The Hall–Kier alpha value is -2.60. The molecule has 2 aromatic rings. The van der Waals surface area contributed by atoms with Crippen molar-refractivity contribution in [3.63, 3.8) is 0 Å². The summed E-state index contributed by atoms with van der Waals surface area (Å²) in [6.07, 6.45) is 0.148. The summed E-state index contributed by atoms with van der Waals surface area (Å²) in [6.45, 7) is 0. The second kappa shape index (κ2) is 6.53. The third-order valence-electron chi connectivity index (χ3n) is 5.21. The van der Waals surface area contributed by atoms with Gasteiger partial charge in [0.25, 0.3) is 0 Å². The van der Waals surface area contributed by atoms with Gasteiger partial charge < -0.3 is 10.2 Å². The summed E-state index contributed by atoms with van der Waals surface area (Å²) >= 11 is 1.17. The van der Waals surface area contributed by atoms with Gasteiger partial charge in [0.15, 0.2) is 11.3 Å². The average molecular weight is 392 g/mol. The molecular formula is C18H15F3N4OS. The van der Waals surface area contributed by atoms with Crippen LogP contribution in [0.3, 0.4) is 0 Å². The zero-order valence-corrected chi connectivity index (χ0v) is 14.8. The molecule has 0 radical (unpaired) electrons. The van der Waals surface area contributed by atoms with Crippen molar-refractivity contribution in [2.75, 3.05) is 5.32 Å². The van der Waals surface area contributed by atoms with Gasteiger partial charge in [0.2, 0.25) is 5.91 Å². The molecule has 9 heteroatoms. The first kappa shape index (κ1) is 17.8. The van der Waals surface area contributed by atoms with Gasteiger partial charge in [-0.05, 0) is 31.4 Å². The number of nitrogens with zero attached hydrogens (tertiary/aromatic N) is 3. The van der Waals surface area contributed by atoms with Gasteiger partial charge in [-0.2, -0.15) is 18.4 Å². The van der Waals surface area contributed by atoms with Gasteiger partial charge in [-0.3, -0.25) is 4.79 Å². The molecule has 0 saturated carbocycles. The minimum absolute atomic E-state index is 0.0668. The summed E-state index contributed by atoms with van der Waals surface area (Å²) in [5, 5.41) is 13.9. The van der Waals surface area contributed by atoms with E-state index < -0.39 is 11.7 Å². The molecule has 140 valence electrons. The fourth-order valence-electron chi connectivity index (χ4n) is 3.94. The lowest BCUT2D eigenvalue weighted by Crippen LogP contribution is -2.33. The number of alkyl halides is 3. The van der Waals surface area contributed by atoms with E-state index in [1.807, 2.05) is 0 Å². The standard InChI is InChI=1S/C18H15F3N4OS/c19-18(20,21)11-3-1-2-10(6-11)14-8-27-17(23-14)24-16(26)13-7-12-4-5-15(13)25(12)9-22/h1-3,6,8,12-13,15H,4-5,7H2,(H,23,24,26)/t12-,13+,15+/m1/s1. The highest BCUT2D eigenvalue weighted by atomic mass is 32.1. The van der Waals surface area contributed by atoms with Crippen LogP contribution in [0.1, 0.15) is 24.8 Å². The summed E-state index contributed by atoms with van der Waals surface area (Å²) in [4.78, 5) is 18.5. The van der Waals surface area contributed by atoms with E-state index in [9.17, 15) is 23.2 Å². The van der Waals surface area contributed by atoms with Crippen LogP contribution in [-0.2, 0) is 11.0 Å². The molecule has 4 rings (SSSR count). The Kier molecular flexibility index (Phi) is 4.30. The Balaban J connectivity index is 1.48. The van der Waals surface area contributed by atoms with Crippen molar-refractivity contribution in [2.45, 2.75) is 37.5 Å². The van der Waals surface area contributed by atoms with E-state index in [1.165, 1.54) is 17.4 Å². The van der Waals surface area contributed by atoms with Gasteiger partial charge in [-0.1, -0.05) is 12.1 Å². The molecule has 5 nitrogen and oxygen atoms in total. The Morgan fingerprint density at radius 1 is 1.37 bits per heavy atom. The Morgan fingerprint density at radius 2 is 2.19 bits per heavy atom. The first-order chi connectivity index (χ1) is 12.9. The number of halogens is 3. The van der Waals surface area contributed by atoms with Crippen molar-refractivity contribution in [2.24, 2.45) is 5.92 Å². The van der Waals surface area contributed by atoms with Crippen LogP contribution in [-0.4, -0.2) is 27.9 Å². The van der Waals surface area contributed by atoms with Crippen LogP contribution in [0.2, 0.25) is 0 Å². The number of fused-ring (bicyclic) bond motifs is 2. The lowest BCUT2D eigenvalue weighted by molar-refractivity contribution is -0.137. The summed E-state index contributed by atoms with van der Waals surface area (Å²) in [7, 11) is 0. The van der Waals surface area contributed by atoms with Crippen LogP contribution in [0.4, 0.5) is 18.3 Å². The van der Waals surface area contributed by atoms with Crippen LogP contribution in [0.25, 0.3) is 11.3 Å². The van der Waals surface area contributed by atoms with Crippen molar-refractivity contribution in [1.29, 1.82) is 5.26 Å². The predicted molar refractivity (Wildman–Crippen MR) is 93.6 cm³/mol. The molecule has 3 heterocycles. The molecule has 2 saturated heterocycles. The number of carbonyl (C=O) groups excluding carboxylic acids is 1. The van der Waals surface area contributed by atoms with Gasteiger partial charge in [0, 0.05) is 17.0 Å². The number of aromatic nitrogens is 1. The molecule has 1 amide bonds. The second-order valence-electron chi connectivity index (χ2n) is 6.75. The Bertz CT molecular complexity index is 920. The number of carbonyl (C=O) groups is 1. The number of thiazole rings is 1. The van der Waals surface area contributed by atoms with Gasteiger partial charge in [0.1, 0.15) is 0 Å².